The molecular weight excluding hydrogens is 304 g/mol. The van der Waals surface area contributed by atoms with Gasteiger partial charge in [-0.25, -0.2) is 4.79 Å². The van der Waals surface area contributed by atoms with Crippen LogP contribution in [0.2, 0.25) is 0 Å². The third kappa shape index (κ3) is 3.45. The first kappa shape index (κ1) is 17.7. The van der Waals surface area contributed by atoms with Gasteiger partial charge in [0, 0.05) is 17.9 Å². The van der Waals surface area contributed by atoms with E-state index in [-0.39, 0.29) is 29.5 Å². The minimum Gasteiger partial charge on any atom is -0.462 e. The molecule has 2 saturated heterocycles. The van der Waals surface area contributed by atoms with Crippen molar-refractivity contribution < 1.29 is 19.4 Å². The summed E-state index contributed by atoms with van der Waals surface area (Å²) in [6, 6.07) is 0. The maximum absolute atomic E-state index is 12.1. The number of allylic oxidation sites excluding steroid dienone is 2. The number of ether oxygens (including phenoxy) is 2. The van der Waals surface area contributed by atoms with E-state index in [2.05, 4.69) is 33.8 Å². The molecule has 6 atom stereocenters. The topological polar surface area (TPSA) is 59.1 Å². The summed E-state index contributed by atoms with van der Waals surface area (Å²) in [6.45, 7) is 8.88. The predicted molar refractivity (Wildman–Crippen MR) is 92.4 cm³/mol. The number of cyclic esters (lactones) is 1. The molecule has 1 N–H and O–H groups in total. The summed E-state index contributed by atoms with van der Waals surface area (Å²) in [4.78, 5) is 12.1. The maximum Gasteiger partial charge on any atom is 0.334 e. The number of fused-ring (bicyclic) bond motifs is 2. The van der Waals surface area contributed by atoms with Gasteiger partial charge in [0.2, 0.25) is 0 Å². The first-order valence-corrected chi connectivity index (χ1v) is 9.18. The van der Waals surface area contributed by atoms with Crippen LogP contribution in [-0.4, -0.2) is 35.5 Å². The van der Waals surface area contributed by atoms with E-state index >= 15 is 0 Å². The summed E-state index contributed by atoms with van der Waals surface area (Å²) in [6.07, 6.45) is 7.28. The molecule has 6 unspecified atom stereocenters. The zero-order valence-corrected chi connectivity index (χ0v) is 15.2. The molecule has 134 valence electrons. The van der Waals surface area contributed by atoms with Crippen molar-refractivity contribution in [2.45, 2.75) is 71.2 Å². The number of rotatable bonds is 4. The Bertz CT molecular complexity index is 560. The summed E-state index contributed by atoms with van der Waals surface area (Å²) in [5.41, 5.74) is 1.84. The third-order valence-electron chi connectivity index (χ3n) is 5.97. The van der Waals surface area contributed by atoms with Crippen molar-refractivity contribution >= 4 is 5.97 Å². The number of carbonyl (C=O) groups excluding carboxylic acids is 1. The Kier molecular flexibility index (Phi) is 4.89. The average Bonchev–Trinajstić information content (AvgIpc) is 2.96. The van der Waals surface area contributed by atoms with Gasteiger partial charge in [0.1, 0.15) is 0 Å². The SMILES string of the molecule is CC(C)=CCCC(C)C1C(O)CC2(C)OC2CC=C2C(=O)OCC21. The van der Waals surface area contributed by atoms with Crippen molar-refractivity contribution in [3.8, 4) is 0 Å². The fraction of sp³-hybridized carbons (Fsp3) is 0.750. The van der Waals surface area contributed by atoms with Crippen LogP contribution in [0.25, 0.3) is 0 Å². The van der Waals surface area contributed by atoms with Gasteiger partial charge in [0.05, 0.1) is 24.4 Å². The molecule has 2 fully saturated rings. The highest BCUT2D eigenvalue weighted by Gasteiger charge is 2.55. The molecule has 0 amide bonds. The Hall–Kier alpha value is -1.13. The molecule has 2 heterocycles. The number of hydrogen-bond acceptors (Lipinski definition) is 4. The van der Waals surface area contributed by atoms with Crippen LogP contribution >= 0.6 is 0 Å². The van der Waals surface area contributed by atoms with E-state index in [1.807, 2.05) is 6.08 Å². The van der Waals surface area contributed by atoms with Crippen molar-refractivity contribution in [1.29, 1.82) is 0 Å². The Labute approximate surface area is 144 Å². The summed E-state index contributed by atoms with van der Waals surface area (Å²) < 4.78 is 11.1. The van der Waals surface area contributed by atoms with E-state index in [1.165, 1.54) is 5.57 Å². The number of aliphatic hydroxyl groups is 1. The maximum atomic E-state index is 12.1. The van der Waals surface area contributed by atoms with Gasteiger partial charge < -0.3 is 14.6 Å². The van der Waals surface area contributed by atoms with Crippen LogP contribution in [0.15, 0.2) is 23.3 Å². The lowest BCUT2D eigenvalue weighted by Gasteiger charge is -2.33. The van der Waals surface area contributed by atoms with Crippen molar-refractivity contribution in [2.24, 2.45) is 17.8 Å². The van der Waals surface area contributed by atoms with Gasteiger partial charge >= 0.3 is 5.97 Å². The number of carbonyl (C=O) groups is 1. The Balaban J connectivity index is 1.82. The van der Waals surface area contributed by atoms with Gasteiger partial charge in [-0.1, -0.05) is 24.6 Å². The Morgan fingerprint density at radius 2 is 2.25 bits per heavy atom. The second-order valence-corrected chi connectivity index (χ2v) is 8.20. The summed E-state index contributed by atoms with van der Waals surface area (Å²) in [5.74, 6) is 0.152. The number of epoxide rings is 1. The molecule has 3 aliphatic rings. The zero-order valence-electron chi connectivity index (χ0n) is 15.2. The predicted octanol–water partition coefficient (Wildman–Crippen LogP) is 3.40. The minimum absolute atomic E-state index is 0.00954. The summed E-state index contributed by atoms with van der Waals surface area (Å²) in [5, 5.41) is 11.0. The number of aliphatic hydroxyl groups excluding tert-OH is 1. The lowest BCUT2D eigenvalue weighted by molar-refractivity contribution is -0.135. The van der Waals surface area contributed by atoms with E-state index < -0.39 is 6.10 Å². The normalized spacial score (nSPS) is 39.4. The molecule has 0 aromatic carbocycles. The zero-order chi connectivity index (χ0) is 17.5. The van der Waals surface area contributed by atoms with Gasteiger partial charge in [-0.15, -0.1) is 0 Å². The van der Waals surface area contributed by atoms with E-state index in [9.17, 15) is 9.90 Å². The van der Waals surface area contributed by atoms with Crippen molar-refractivity contribution in [3.05, 3.63) is 23.3 Å². The smallest absolute Gasteiger partial charge is 0.334 e. The molecule has 4 nitrogen and oxygen atoms in total. The van der Waals surface area contributed by atoms with E-state index in [0.29, 0.717) is 18.9 Å². The first-order valence-electron chi connectivity index (χ1n) is 9.18. The summed E-state index contributed by atoms with van der Waals surface area (Å²) in [7, 11) is 0. The van der Waals surface area contributed by atoms with Crippen molar-refractivity contribution in [3.63, 3.8) is 0 Å². The largest absolute Gasteiger partial charge is 0.462 e. The molecule has 0 bridgehead atoms. The average molecular weight is 334 g/mol. The van der Waals surface area contributed by atoms with E-state index in [0.717, 1.165) is 24.8 Å². The second-order valence-electron chi connectivity index (χ2n) is 8.20. The highest BCUT2D eigenvalue weighted by atomic mass is 16.6. The van der Waals surface area contributed by atoms with Crippen molar-refractivity contribution in [2.75, 3.05) is 6.61 Å². The van der Waals surface area contributed by atoms with Gasteiger partial charge in [0.15, 0.2) is 0 Å². The fourth-order valence-corrected chi connectivity index (χ4v) is 4.47. The molecular formula is C20H30O4. The van der Waals surface area contributed by atoms with Crippen LogP contribution in [-0.2, 0) is 14.3 Å². The molecule has 0 saturated carbocycles. The number of hydrogen-bond donors (Lipinski definition) is 1. The molecule has 0 radical (unpaired) electrons. The van der Waals surface area contributed by atoms with E-state index in [4.69, 9.17) is 9.47 Å². The highest BCUT2D eigenvalue weighted by molar-refractivity contribution is 5.91. The van der Waals surface area contributed by atoms with Gasteiger partial charge in [-0.3, -0.25) is 0 Å². The Morgan fingerprint density at radius 3 is 2.96 bits per heavy atom. The second kappa shape index (κ2) is 6.64. The first-order chi connectivity index (χ1) is 11.3. The van der Waals surface area contributed by atoms with Crippen LogP contribution in [0.3, 0.4) is 0 Å². The molecule has 4 heteroatoms. The fourth-order valence-electron chi connectivity index (χ4n) is 4.47. The van der Waals surface area contributed by atoms with Crippen molar-refractivity contribution in [1.82, 2.24) is 0 Å². The monoisotopic (exact) mass is 334 g/mol. The third-order valence-corrected chi connectivity index (χ3v) is 5.97. The van der Waals surface area contributed by atoms with Gasteiger partial charge in [0.25, 0.3) is 0 Å². The van der Waals surface area contributed by atoms with Crippen LogP contribution in [0, 0.1) is 17.8 Å². The molecule has 0 spiro atoms. The lowest BCUT2D eigenvalue weighted by atomic mass is 9.73. The van der Waals surface area contributed by atoms with Crippen LogP contribution in [0.4, 0.5) is 0 Å². The summed E-state index contributed by atoms with van der Waals surface area (Å²) >= 11 is 0. The van der Waals surface area contributed by atoms with Gasteiger partial charge in [-0.2, -0.15) is 0 Å². The van der Waals surface area contributed by atoms with Gasteiger partial charge in [-0.05, 0) is 51.9 Å². The Morgan fingerprint density at radius 1 is 1.50 bits per heavy atom. The molecule has 1 aliphatic carbocycles. The minimum atomic E-state index is -0.470. The number of esters is 1. The quantitative estimate of drug-likeness (QED) is 0.486. The molecule has 0 aromatic rings. The molecule has 3 rings (SSSR count). The molecule has 0 aromatic heterocycles. The van der Waals surface area contributed by atoms with E-state index in [1.54, 1.807) is 0 Å². The molecule has 24 heavy (non-hydrogen) atoms. The van der Waals surface area contributed by atoms with Crippen LogP contribution in [0.1, 0.15) is 53.4 Å². The lowest BCUT2D eigenvalue weighted by Crippen LogP contribution is -2.37. The highest BCUT2D eigenvalue weighted by Crippen LogP contribution is 2.48. The molecule has 2 aliphatic heterocycles. The van der Waals surface area contributed by atoms with Crippen LogP contribution in [0.5, 0.6) is 0 Å². The van der Waals surface area contributed by atoms with Crippen LogP contribution < -0.4 is 0 Å². The standard InChI is InChI=1S/C20H30O4/c1-12(2)6-5-7-13(3)18-15-11-23-19(22)14(15)8-9-17-20(4,24-17)10-16(18)21/h6,8,13,15-18,21H,5,7,9-11H2,1-4H3.